The maximum atomic E-state index is 10.8. The lowest BCUT2D eigenvalue weighted by Crippen LogP contribution is -2.50. The van der Waals surface area contributed by atoms with E-state index in [1.165, 1.54) is 0 Å². The van der Waals surface area contributed by atoms with Gasteiger partial charge < -0.3 is 189 Å². The Morgan fingerprint density at radius 2 is 0.846 bits per heavy atom. The maximum absolute atomic E-state index is 10.8. The number of phenolic OH excluding ortho intramolecular Hbond substituents is 2. The van der Waals surface area contributed by atoms with Gasteiger partial charge in [0, 0.05) is 12.1 Å². The third kappa shape index (κ3) is 48.2. The average Bonchev–Trinajstić information content (AvgIpc) is 0.816. The van der Waals surface area contributed by atoms with E-state index < -0.39 is 218 Å². The quantitative estimate of drug-likeness (QED) is 0.0282. The van der Waals surface area contributed by atoms with Crippen molar-refractivity contribution in [2.75, 3.05) is 52.9 Å². The third-order valence-corrected chi connectivity index (χ3v) is 10.5. The lowest BCUT2D eigenvalue weighted by atomic mass is 10.0. The number of carboxylic acid groups (broad SMARTS) is 11. The maximum Gasteiger partial charge on any atom is 0.340 e. The van der Waals surface area contributed by atoms with E-state index in [2.05, 4.69) is 18.9 Å². The topological polar surface area (TPSA) is 972 Å². The fourth-order valence-corrected chi connectivity index (χ4v) is 4.79. The number of hydrogen-bond acceptors (Lipinski definition) is 41. The zero-order valence-corrected chi connectivity index (χ0v) is 52.9. The Labute approximate surface area is 577 Å². The van der Waals surface area contributed by atoms with E-state index in [1.54, 1.807) is 6.92 Å². The molecule has 0 heterocycles. The molecule has 2 aromatic carbocycles. The van der Waals surface area contributed by atoms with Crippen molar-refractivity contribution in [2.24, 2.45) is 11.5 Å². The lowest BCUT2D eigenvalue weighted by molar-refractivity contribution is -0.172. The van der Waals surface area contributed by atoms with E-state index in [0.29, 0.717) is 0 Å². The smallest absolute Gasteiger partial charge is 0.340 e. The molecule has 52 nitrogen and oxygen atoms in total. The van der Waals surface area contributed by atoms with Crippen LogP contribution in [0.3, 0.4) is 0 Å². The summed E-state index contributed by atoms with van der Waals surface area (Å²) in [5, 5.41) is 264. The first kappa shape index (κ1) is 107. The fraction of sp³-hybridized carbons (Fsp3) is 0.481. The van der Waals surface area contributed by atoms with E-state index in [4.69, 9.17) is 170 Å². The number of aliphatic hydroxyl groups excluding tert-OH is 17. The molecule has 0 aliphatic rings. The van der Waals surface area contributed by atoms with Crippen molar-refractivity contribution in [3.8, 4) is 23.0 Å². The number of carbonyl (C=O) groups excluding carboxylic acids is 4. The Morgan fingerprint density at radius 1 is 0.462 bits per heavy atom. The summed E-state index contributed by atoms with van der Waals surface area (Å²) in [6, 6.07) is 4.92. The van der Waals surface area contributed by atoms with Crippen molar-refractivity contribution < 1.29 is 249 Å². The van der Waals surface area contributed by atoms with Gasteiger partial charge in [0.1, 0.15) is 72.3 Å². The number of carbonyl (C=O) groups is 15. The van der Waals surface area contributed by atoms with Crippen LogP contribution in [0.1, 0.15) is 50.8 Å². The monoisotopic (exact) mass is 1530 g/mol. The fourth-order valence-electron chi connectivity index (χ4n) is 4.79. The first-order chi connectivity index (χ1) is 47.6. The molecule has 0 saturated heterocycles. The average molecular weight is 1530 g/mol. The molecular weight excluding hydrogens is 1450 g/mol. The second-order valence-corrected chi connectivity index (χ2v) is 19.4. The summed E-state index contributed by atoms with van der Waals surface area (Å²) in [6.45, 7) is -1.81. The van der Waals surface area contributed by atoms with Gasteiger partial charge in [-0.25, -0.2) is 43.2 Å². The molecule has 0 amide bonds. The predicted molar refractivity (Wildman–Crippen MR) is 318 cm³/mol. The molecule has 35 N–H and O–H groups in total. The predicted octanol–water partition coefficient (Wildman–Crippen LogP) is -14.3. The van der Waals surface area contributed by atoms with Gasteiger partial charge in [0.15, 0.2) is 30.5 Å². The Bertz CT molecular complexity index is 2940. The number of carboxylic acids is 11. The van der Waals surface area contributed by atoms with Crippen LogP contribution >= 0.6 is 0 Å². The summed E-state index contributed by atoms with van der Waals surface area (Å²) >= 11 is 0. The zero-order chi connectivity index (χ0) is 83.5. The second-order valence-electron chi connectivity index (χ2n) is 19.4. The van der Waals surface area contributed by atoms with E-state index in [9.17, 15) is 71.9 Å². The molecule has 596 valence electrons. The number of phenols is 2. The van der Waals surface area contributed by atoms with Gasteiger partial charge in [-0.2, -0.15) is 0 Å². The highest BCUT2D eigenvalue weighted by atomic mass is 16.6. The van der Waals surface area contributed by atoms with Gasteiger partial charge in [0.05, 0.1) is 80.8 Å². The summed E-state index contributed by atoms with van der Waals surface area (Å²) < 4.78 is 16.7. The molecular formula is C52H78N2O50. The molecule has 2 rings (SSSR count). The van der Waals surface area contributed by atoms with Crippen molar-refractivity contribution in [3.05, 3.63) is 47.0 Å². The van der Waals surface area contributed by atoms with Gasteiger partial charge in [0.2, 0.25) is 5.60 Å². The number of benzene rings is 2. The minimum absolute atomic E-state index is 0.00704. The Kier molecular flexibility index (Phi) is 57.4. The van der Waals surface area contributed by atoms with Gasteiger partial charge >= 0.3 is 65.7 Å². The van der Waals surface area contributed by atoms with Crippen LogP contribution in [0.25, 0.3) is 0 Å². The van der Waals surface area contributed by atoms with Crippen LogP contribution in [0, 0.1) is 0 Å². The first-order valence-electron chi connectivity index (χ1n) is 26.6. The molecule has 2 aromatic rings. The van der Waals surface area contributed by atoms with E-state index >= 15 is 0 Å². The first-order valence-corrected chi connectivity index (χ1v) is 26.6. The number of hydrogen-bond donors (Lipinski definition) is 33. The third-order valence-electron chi connectivity index (χ3n) is 10.5. The molecule has 0 aliphatic carbocycles. The molecule has 0 aromatic heterocycles. The van der Waals surface area contributed by atoms with E-state index in [-0.39, 0.29) is 62.8 Å². The van der Waals surface area contributed by atoms with Crippen molar-refractivity contribution >= 4 is 91.6 Å². The number of ether oxygens (including phenoxy) is 4. The van der Waals surface area contributed by atoms with Crippen molar-refractivity contribution in [1.29, 1.82) is 0 Å². The number of aliphatic carboxylic acids is 8. The van der Waals surface area contributed by atoms with Crippen LogP contribution < -0.4 is 20.9 Å². The number of aromatic hydroxyl groups is 2. The van der Waals surface area contributed by atoms with Gasteiger partial charge in [-0.3, -0.25) is 28.8 Å². The highest BCUT2D eigenvalue weighted by Gasteiger charge is 2.40. The SMILES string of the molecule is CC(N)(CO)CO.NC(CO)(CO)CO.O=C(O)C(O)C(O)C(=O)O.O=C(O)[C@@H](O)[C@H](O)[C@H](O)[C@@H](O)C(=O)O.O=C(O)[C@H](O)[C@@H](O)[C@H](O)[C@H](O)CO.O=COCC(O)(CC(=O)O)C(=O)O.O=COCC(O)CC(=O)O.O=COc1cc(O)cc(C(=O)O)c1.O=COc1cc(O)cc(C(=O)O)c1C(=O)O. The van der Waals surface area contributed by atoms with E-state index in [0.717, 1.165) is 30.3 Å². The van der Waals surface area contributed by atoms with Gasteiger partial charge in [-0.1, -0.05) is 0 Å². The molecule has 0 fully saturated rings. The Hall–Kier alpha value is -10.7. The molecule has 52 heteroatoms. The normalized spacial score (nSPS) is 14.0. The van der Waals surface area contributed by atoms with Crippen molar-refractivity contribution in [3.63, 3.8) is 0 Å². The van der Waals surface area contributed by atoms with Crippen LogP contribution in [-0.2, 0) is 67.0 Å². The molecule has 4 unspecified atom stereocenters. The standard InChI is InChI=1S/C9H6O7.C8H6O5.C6H10O8.C6H8O7.C6H12O7.C5H8O5.C4H11NO3.C4H11NO2.C4H6O6/c10-3-16-6-2-4(11)1-5(8(12)13)7(6)9(14)15;9-4-13-7-2-5(8(11)12)1-6(10)3-7;7-1(3(9)5(11)12)2(8)4(10)6(13)14;7-3-13-2-6(12,5(10)11)1-4(8)9;7-1-2(8)3(9)4(10)5(11)6(12)13;6-3-10-2-4(7)1-5(8)9;5-4(1-6,2-7)3-8;1-4(5,2-6)3-7;5-1(3(7)8)2(6)4(9)10/h1-3,11H,(H,12,13)(H,14,15);1-4,10H,(H,11,12);1-4,7-10H,(H,11,12)(H,13,14);3,12H,1-2H2,(H,8,9)(H,10,11);2-5,7-11H,1H2,(H,12,13);3-4,7H,1-2H2,(H,8,9);6-8H,1-3,5H2;6-7H,2-3,5H2,1H3;1-2,5-6H,(H,7,8)(H,9,10)/t;;1-,2+,3+,4-;;2-,3-,4+,5-;;;;/m....1..../s1. The van der Waals surface area contributed by atoms with Crippen molar-refractivity contribution in [1.82, 2.24) is 0 Å². The number of aliphatic hydroxyl groups is 18. The lowest BCUT2D eigenvalue weighted by Gasteiger charge is -2.23. The summed E-state index contributed by atoms with van der Waals surface area (Å²) in [7, 11) is 0. The summed E-state index contributed by atoms with van der Waals surface area (Å²) in [5.41, 5.74) is 4.28. The molecule has 12 atom stereocenters. The molecule has 0 radical (unpaired) electrons. The Balaban J connectivity index is -0.000000205. The van der Waals surface area contributed by atoms with Gasteiger partial charge in [0.25, 0.3) is 25.9 Å². The van der Waals surface area contributed by atoms with Crippen LogP contribution in [0.2, 0.25) is 0 Å². The largest absolute Gasteiger partial charge is 0.508 e. The van der Waals surface area contributed by atoms with Gasteiger partial charge in [-0.05, 0) is 25.1 Å². The molecule has 0 spiro atoms. The number of rotatable bonds is 36. The minimum atomic E-state index is -2.56. The van der Waals surface area contributed by atoms with Crippen LogP contribution in [-0.4, -0.2) is 387 Å². The van der Waals surface area contributed by atoms with Gasteiger partial charge in [-0.15, -0.1) is 0 Å². The molecule has 0 bridgehead atoms. The van der Waals surface area contributed by atoms with Crippen molar-refractivity contribution in [2.45, 2.75) is 104 Å². The number of nitrogens with two attached hydrogens (primary N) is 2. The minimum Gasteiger partial charge on any atom is -0.508 e. The van der Waals surface area contributed by atoms with E-state index in [1.807, 2.05) is 0 Å². The number of aromatic carboxylic acids is 3. The molecule has 0 saturated carbocycles. The molecule has 104 heavy (non-hydrogen) atoms. The van der Waals surface area contributed by atoms with Crippen LogP contribution in [0.4, 0.5) is 0 Å². The summed E-state index contributed by atoms with van der Waals surface area (Å²) in [6.07, 6.45) is -24.2. The van der Waals surface area contributed by atoms with Crippen LogP contribution in [0.5, 0.6) is 23.0 Å². The second kappa shape index (κ2) is 55.9. The molecule has 0 aliphatic heterocycles. The summed E-state index contributed by atoms with van der Waals surface area (Å²) in [5.74, 6) is -19.0. The highest BCUT2D eigenvalue weighted by Crippen LogP contribution is 2.28. The Morgan fingerprint density at radius 3 is 1.12 bits per heavy atom. The highest BCUT2D eigenvalue weighted by molar-refractivity contribution is 6.04. The van der Waals surface area contributed by atoms with Crippen LogP contribution in [0.15, 0.2) is 30.3 Å². The zero-order valence-electron chi connectivity index (χ0n) is 52.9. The summed E-state index contributed by atoms with van der Waals surface area (Å²) in [4.78, 5) is 151.